The average Bonchev–Trinajstić information content (AvgIpc) is 2.48. The van der Waals surface area contributed by atoms with Crippen LogP contribution in [0.15, 0.2) is 30.3 Å². The van der Waals surface area contributed by atoms with Crippen LogP contribution in [0, 0.1) is 5.82 Å². The van der Waals surface area contributed by atoms with Gasteiger partial charge in [0.2, 0.25) is 0 Å². The van der Waals surface area contributed by atoms with Crippen molar-refractivity contribution in [2.24, 2.45) is 5.84 Å². The lowest BCUT2D eigenvalue weighted by Crippen LogP contribution is -2.14. The van der Waals surface area contributed by atoms with E-state index < -0.39 is 0 Å². The Kier molecular flexibility index (Phi) is 5.05. The van der Waals surface area contributed by atoms with E-state index in [2.05, 4.69) is 27.6 Å². The van der Waals surface area contributed by atoms with Gasteiger partial charge in [-0.05, 0) is 31.0 Å². The normalized spacial score (nSPS) is 12.0. The zero-order chi connectivity index (χ0) is 15.2. The molecular weight excluding hydrogens is 269 g/mol. The number of nitrogens with zero attached hydrogens (tertiary/aromatic N) is 2. The third kappa shape index (κ3) is 4.13. The molecule has 0 amide bonds. The quantitative estimate of drug-likeness (QED) is 0.563. The Labute approximate surface area is 123 Å². The van der Waals surface area contributed by atoms with Gasteiger partial charge >= 0.3 is 0 Å². The molecule has 0 bridgehead atoms. The van der Waals surface area contributed by atoms with Crippen molar-refractivity contribution in [3.05, 3.63) is 47.5 Å². The lowest BCUT2D eigenvalue weighted by atomic mass is 10.1. The van der Waals surface area contributed by atoms with Gasteiger partial charge in [0, 0.05) is 18.5 Å². The van der Waals surface area contributed by atoms with Crippen LogP contribution in [0.2, 0.25) is 0 Å². The molecule has 0 aliphatic carbocycles. The Bertz CT molecular complexity index is 585. The highest BCUT2D eigenvalue weighted by atomic mass is 19.1. The van der Waals surface area contributed by atoms with Crippen molar-refractivity contribution in [1.82, 2.24) is 9.97 Å². The molecule has 0 aliphatic heterocycles. The number of nitrogens with one attached hydrogen (secondary N) is 2. The fourth-order valence-electron chi connectivity index (χ4n) is 2.04. The molecule has 1 unspecified atom stereocenters. The molecule has 5 nitrogen and oxygen atoms in total. The minimum absolute atomic E-state index is 0.000557. The van der Waals surface area contributed by atoms with Gasteiger partial charge in [-0.25, -0.2) is 20.2 Å². The summed E-state index contributed by atoms with van der Waals surface area (Å²) in [5, 5.41) is 3.28. The number of hydrazine groups is 1. The van der Waals surface area contributed by atoms with Crippen LogP contribution in [0.25, 0.3) is 0 Å². The summed E-state index contributed by atoms with van der Waals surface area (Å²) in [5.74, 6) is 7.19. The van der Waals surface area contributed by atoms with Crippen LogP contribution in [0.5, 0.6) is 0 Å². The number of aromatic nitrogens is 2. The highest BCUT2D eigenvalue weighted by Crippen LogP contribution is 2.20. The van der Waals surface area contributed by atoms with Gasteiger partial charge in [0.05, 0.1) is 0 Å². The van der Waals surface area contributed by atoms with Crippen molar-refractivity contribution in [1.29, 1.82) is 0 Å². The second kappa shape index (κ2) is 6.99. The number of hydrogen-bond donors (Lipinski definition) is 3. The van der Waals surface area contributed by atoms with Gasteiger partial charge in [0.1, 0.15) is 23.3 Å². The first-order valence-electron chi connectivity index (χ1n) is 6.99. The Morgan fingerprint density at radius 2 is 1.86 bits per heavy atom. The van der Waals surface area contributed by atoms with Crippen LogP contribution >= 0.6 is 0 Å². The molecule has 1 aromatic heterocycles. The third-order valence-electron chi connectivity index (χ3n) is 3.13. The van der Waals surface area contributed by atoms with Gasteiger partial charge in [-0.15, -0.1) is 0 Å². The van der Waals surface area contributed by atoms with E-state index in [1.54, 1.807) is 18.2 Å². The van der Waals surface area contributed by atoms with E-state index >= 15 is 0 Å². The first kappa shape index (κ1) is 15.2. The van der Waals surface area contributed by atoms with E-state index in [4.69, 9.17) is 5.84 Å². The summed E-state index contributed by atoms with van der Waals surface area (Å²) in [6.07, 6.45) is 1.75. The van der Waals surface area contributed by atoms with E-state index in [0.717, 1.165) is 24.2 Å². The van der Waals surface area contributed by atoms with Gasteiger partial charge in [-0.1, -0.05) is 19.1 Å². The number of benzene rings is 1. The molecule has 4 N–H and O–H groups in total. The number of halogens is 1. The second-order valence-electron chi connectivity index (χ2n) is 4.87. The lowest BCUT2D eigenvalue weighted by molar-refractivity contribution is 0.626. The average molecular weight is 289 g/mol. The number of rotatable bonds is 6. The Morgan fingerprint density at radius 3 is 2.48 bits per heavy atom. The molecule has 0 spiro atoms. The highest BCUT2D eigenvalue weighted by Gasteiger charge is 2.09. The Morgan fingerprint density at radius 1 is 1.19 bits per heavy atom. The van der Waals surface area contributed by atoms with Crippen molar-refractivity contribution in [3.63, 3.8) is 0 Å². The first-order valence-corrected chi connectivity index (χ1v) is 6.99. The van der Waals surface area contributed by atoms with E-state index in [-0.39, 0.29) is 11.9 Å². The summed E-state index contributed by atoms with van der Waals surface area (Å²) < 4.78 is 13.0. The predicted molar refractivity (Wildman–Crippen MR) is 82.3 cm³/mol. The molecule has 0 fully saturated rings. The maximum absolute atomic E-state index is 13.0. The van der Waals surface area contributed by atoms with Gasteiger partial charge < -0.3 is 10.7 Å². The molecule has 1 atom stereocenters. The molecule has 2 aromatic rings. The molecule has 2 rings (SSSR count). The van der Waals surface area contributed by atoms with E-state index in [0.29, 0.717) is 11.6 Å². The van der Waals surface area contributed by atoms with E-state index in [1.165, 1.54) is 12.1 Å². The molecule has 0 saturated heterocycles. The van der Waals surface area contributed by atoms with Gasteiger partial charge in [-0.2, -0.15) is 0 Å². The molecule has 0 aliphatic rings. The summed E-state index contributed by atoms with van der Waals surface area (Å²) in [7, 11) is 0. The fourth-order valence-corrected chi connectivity index (χ4v) is 2.04. The molecule has 1 heterocycles. The minimum atomic E-state index is -0.243. The number of aryl methyl sites for hydroxylation is 1. The van der Waals surface area contributed by atoms with Crippen LogP contribution in [0.3, 0.4) is 0 Å². The SMILES string of the molecule is CCCc1nc(NN)cc(NC(C)c2ccc(F)cc2)n1. The van der Waals surface area contributed by atoms with E-state index in [9.17, 15) is 4.39 Å². The smallest absolute Gasteiger partial charge is 0.145 e. The Balaban J connectivity index is 2.17. The first-order chi connectivity index (χ1) is 10.1. The zero-order valence-corrected chi connectivity index (χ0v) is 12.2. The van der Waals surface area contributed by atoms with Crippen molar-refractivity contribution in [2.75, 3.05) is 10.7 Å². The van der Waals surface area contributed by atoms with Crippen molar-refractivity contribution >= 4 is 11.6 Å². The van der Waals surface area contributed by atoms with Crippen molar-refractivity contribution < 1.29 is 4.39 Å². The highest BCUT2D eigenvalue weighted by molar-refractivity contribution is 5.48. The molecular formula is C15H20FN5. The molecule has 21 heavy (non-hydrogen) atoms. The monoisotopic (exact) mass is 289 g/mol. The van der Waals surface area contributed by atoms with Gasteiger partial charge in [0.15, 0.2) is 0 Å². The summed E-state index contributed by atoms with van der Waals surface area (Å²) in [6.45, 7) is 4.06. The van der Waals surface area contributed by atoms with Crippen molar-refractivity contribution in [2.45, 2.75) is 32.7 Å². The third-order valence-corrected chi connectivity index (χ3v) is 3.13. The standard InChI is InChI=1S/C15H20FN5/c1-3-4-13-19-14(9-15(20-13)21-17)18-10(2)11-5-7-12(16)8-6-11/h5-10H,3-4,17H2,1-2H3,(H2,18,19,20,21). The lowest BCUT2D eigenvalue weighted by Gasteiger charge is -2.16. The van der Waals surface area contributed by atoms with Crippen LogP contribution in [0.4, 0.5) is 16.0 Å². The molecule has 112 valence electrons. The van der Waals surface area contributed by atoms with Crippen LogP contribution in [-0.2, 0) is 6.42 Å². The number of nitrogen functional groups attached to an aromatic ring is 1. The van der Waals surface area contributed by atoms with Crippen LogP contribution in [0.1, 0.15) is 37.7 Å². The number of nitrogens with two attached hydrogens (primary N) is 1. The van der Waals surface area contributed by atoms with Gasteiger partial charge in [0.25, 0.3) is 0 Å². The fraction of sp³-hybridized carbons (Fsp3) is 0.333. The van der Waals surface area contributed by atoms with Crippen LogP contribution < -0.4 is 16.6 Å². The molecule has 1 aromatic carbocycles. The number of hydrogen-bond acceptors (Lipinski definition) is 5. The number of anilines is 2. The maximum Gasteiger partial charge on any atom is 0.145 e. The van der Waals surface area contributed by atoms with Crippen molar-refractivity contribution in [3.8, 4) is 0 Å². The Hall–Kier alpha value is -2.21. The molecule has 0 radical (unpaired) electrons. The summed E-state index contributed by atoms with van der Waals surface area (Å²) in [4.78, 5) is 8.76. The van der Waals surface area contributed by atoms with E-state index in [1.807, 2.05) is 6.92 Å². The van der Waals surface area contributed by atoms with Crippen LogP contribution in [-0.4, -0.2) is 9.97 Å². The second-order valence-corrected chi connectivity index (χ2v) is 4.87. The molecule has 0 saturated carbocycles. The predicted octanol–water partition coefficient (Wildman–Crippen LogP) is 3.03. The summed E-state index contributed by atoms with van der Waals surface area (Å²) >= 11 is 0. The molecule has 6 heteroatoms. The minimum Gasteiger partial charge on any atom is -0.363 e. The topological polar surface area (TPSA) is 75.9 Å². The summed E-state index contributed by atoms with van der Waals surface area (Å²) in [6, 6.07) is 8.15. The zero-order valence-electron chi connectivity index (χ0n) is 12.2. The summed E-state index contributed by atoms with van der Waals surface area (Å²) in [5.41, 5.74) is 3.53. The maximum atomic E-state index is 13.0. The van der Waals surface area contributed by atoms with Gasteiger partial charge in [-0.3, -0.25) is 0 Å². The largest absolute Gasteiger partial charge is 0.363 e.